The number of ether oxygens (including phenoxy) is 1. The van der Waals surface area contributed by atoms with Gasteiger partial charge in [0.1, 0.15) is 5.75 Å². The van der Waals surface area contributed by atoms with Crippen LogP contribution < -0.4 is 15.4 Å². The summed E-state index contributed by atoms with van der Waals surface area (Å²) >= 11 is 0.951. The number of benzene rings is 2. The van der Waals surface area contributed by atoms with Crippen molar-refractivity contribution in [2.45, 2.75) is 6.42 Å². The molecule has 3 rings (SSSR count). The molecule has 0 aliphatic rings. The van der Waals surface area contributed by atoms with Crippen molar-refractivity contribution in [3.8, 4) is 5.75 Å². The van der Waals surface area contributed by atoms with Gasteiger partial charge in [0, 0.05) is 12.2 Å². The molecule has 0 radical (unpaired) electrons. The summed E-state index contributed by atoms with van der Waals surface area (Å²) in [6, 6.07) is 16.8. The fourth-order valence-corrected chi connectivity index (χ4v) is 2.96. The minimum absolute atomic E-state index is 0.124. The lowest BCUT2D eigenvalue weighted by molar-refractivity contribution is 0.0951. The van der Waals surface area contributed by atoms with Crippen molar-refractivity contribution in [1.29, 1.82) is 0 Å². The second-order valence-corrected chi connectivity index (χ2v) is 6.56. The van der Waals surface area contributed by atoms with E-state index in [1.165, 1.54) is 0 Å². The van der Waals surface area contributed by atoms with Crippen LogP contribution in [0.2, 0.25) is 0 Å². The molecule has 2 amide bonds. The maximum Gasteiger partial charge on any atom is 0.286 e. The molecule has 0 fully saturated rings. The van der Waals surface area contributed by atoms with Crippen LogP contribution in [0.5, 0.6) is 5.75 Å². The summed E-state index contributed by atoms with van der Waals surface area (Å²) in [4.78, 5) is 24.4. The van der Waals surface area contributed by atoms with E-state index in [0.717, 1.165) is 23.3 Å². The Labute approximate surface area is 160 Å². The second kappa shape index (κ2) is 8.91. The lowest BCUT2D eigenvalue weighted by Gasteiger charge is -2.04. The smallest absolute Gasteiger partial charge is 0.286 e. The predicted octanol–water partition coefficient (Wildman–Crippen LogP) is 2.77. The van der Waals surface area contributed by atoms with Gasteiger partial charge in [0.2, 0.25) is 10.0 Å². The topological polar surface area (TPSA) is 93.2 Å². The molecule has 0 bridgehead atoms. The van der Waals surface area contributed by atoms with Gasteiger partial charge in [-0.15, -0.1) is 10.2 Å². The number of anilines is 1. The van der Waals surface area contributed by atoms with Gasteiger partial charge in [-0.2, -0.15) is 0 Å². The summed E-state index contributed by atoms with van der Waals surface area (Å²) in [5.74, 6) is -0.0636. The Morgan fingerprint density at radius 1 is 0.963 bits per heavy atom. The summed E-state index contributed by atoms with van der Waals surface area (Å²) < 4.78 is 5.07. The number of methoxy groups -OCH3 is 1. The molecule has 0 unspecified atom stereocenters. The monoisotopic (exact) mass is 382 g/mol. The van der Waals surface area contributed by atoms with Gasteiger partial charge in [0.05, 0.1) is 7.11 Å². The minimum atomic E-state index is -0.416. The Hall–Kier alpha value is -3.26. The van der Waals surface area contributed by atoms with Crippen molar-refractivity contribution in [2.24, 2.45) is 0 Å². The zero-order valence-corrected chi connectivity index (χ0v) is 15.5. The molecule has 1 aromatic heterocycles. The molecule has 27 heavy (non-hydrogen) atoms. The number of rotatable bonds is 7. The lowest BCUT2D eigenvalue weighted by atomic mass is 10.1. The first-order valence-corrected chi connectivity index (χ1v) is 9.08. The quantitative estimate of drug-likeness (QED) is 0.655. The molecular formula is C19H18N4O3S. The summed E-state index contributed by atoms with van der Waals surface area (Å²) in [6.07, 6.45) is 0.718. The highest BCUT2D eigenvalue weighted by Crippen LogP contribution is 2.17. The number of carbonyl (C=O) groups excluding carboxylic acids is 2. The van der Waals surface area contributed by atoms with E-state index in [1.54, 1.807) is 31.4 Å². The van der Waals surface area contributed by atoms with Gasteiger partial charge in [0.25, 0.3) is 11.8 Å². The molecule has 8 heteroatoms. The van der Waals surface area contributed by atoms with Gasteiger partial charge < -0.3 is 15.4 Å². The number of hydrogen-bond acceptors (Lipinski definition) is 6. The lowest BCUT2D eigenvalue weighted by Crippen LogP contribution is -2.25. The summed E-state index contributed by atoms with van der Waals surface area (Å²) in [5.41, 5.74) is 1.74. The number of hydrogen-bond donors (Lipinski definition) is 2. The van der Waals surface area contributed by atoms with Crippen LogP contribution in [0, 0.1) is 0 Å². The highest BCUT2D eigenvalue weighted by Gasteiger charge is 2.17. The number of nitrogens with zero attached hydrogens (tertiary/aromatic N) is 2. The maximum absolute atomic E-state index is 12.2. The molecule has 138 valence electrons. The van der Waals surface area contributed by atoms with Crippen LogP contribution in [0.15, 0.2) is 54.6 Å². The highest BCUT2D eigenvalue weighted by molar-refractivity contribution is 7.15. The maximum atomic E-state index is 12.2. The van der Waals surface area contributed by atoms with Crippen molar-refractivity contribution in [1.82, 2.24) is 15.5 Å². The van der Waals surface area contributed by atoms with Crippen molar-refractivity contribution in [3.05, 3.63) is 70.2 Å². The molecule has 0 spiro atoms. The Bertz CT molecular complexity index is 910. The molecule has 0 saturated heterocycles. The normalized spacial score (nSPS) is 10.3. The van der Waals surface area contributed by atoms with Crippen molar-refractivity contribution >= 4 is 28.8 Å². The molecule has 3 aromatic rings. The zero-order chi connectivity index (χ0) is 19.1. The summed E-state index contributed by atoms with van der Waals surface area (Å²) in [5, 5.41) is 13.4. The van der Waals surface area contributed by atoms with Crippen molar-refractivity contribution < 1.29 is 14.3 Å². The fourth-order valence-electron chi connectivity index (χ4n) is 2.31. The van der Waals surface area contributed by atoms with E-state index in [0.29, 0.717) is 18.0 Å². The predicted molar refractivity (Wildman–Crippen MR) is 103 cm³/mol. The molecule has 2 aromatic carbocycles. The van der Waals surface area contributed by atoms with E-state index in [1.807, 2.05) is 30.3 Å². The SMILES string of the molecule is COc1ccc(NC(=O)c2nnc(C(=O)NCCc3ccccc3)s2)cc1. The van der Waals surface area contributed by atoms with Crippen LogP contribution in [0.1, 0.15) is 25.2 Å². The largest absolute Gasteiger partial charge is 0.497 e. The first-order chi connectivity index (χ1) is 13.2. The van der Waals surface area contributed by atoms with Crippen LogP contribution >= 0.6 is 11.3 Å². The molecule has 2 N–H and O–H groups in total. The van der Waals surface area contributed by atoms with Crippen LogP contribution in [0.25, 0.3) is 0 Å². The van der Waals surface area contributed by atoms with E-state index in [4.69, 9.17) is 4.74 Å². The number of nitrogens with one attached hydrogen (secondary N) is 2. The van der Waals surface area contributed by atoms with Gasteiger partial charge in [-0.3, -0.25) is 9.59 Å². The van der Waals surface area contributed by atoms with E-state index < -0.39 is 5.91 Å². The summed E-state index contributed by atoms with van der Waals surface area (Å²) in [6.45, 7) is 0.482. The fraction of sp³-hybridized carbons (Fsp3) is 0.158. The van der Waals surface area contributed by atoms with Gasteiger partial charge >= 0.3 is 0 Å². The molecule has 1 heterocycles. The first-order valence-electron chi connectivity index (χ1n) is 8.27. The highest BCUT2D eigenvalue weighted by atomic mass is 32.1. The van der Waals surface area contributed by atoms with E-state index in [-0.39, 0.29) is 15.9 Å². The van der Waals surface area contributed by atoms with Gasteiger partial charge in [0.15, 0.2) is 0 Å². The Morgan fingerprint density at radius 3 is 2.30 bits per heavy atom. The van der Waals surface area contributed by atoms with E-state index >= 15 is 0 Å². The third kappa shape index (κ3) is 5.11. The number of aromatic nitrogens is 2. The van der Waals surface area contributed by atoms with Crippen LogP contribution in [-0.2, 0) is 6.42 Å². The second-order valence-electron chi connectivity index (χ2n) is 5.59. The van der Waals surface area contributed by atoms with Crippen molar-refractivity contribution in [3.63, 3.8) is 0 Å². The Balaban J connectivity index is 1.53. The number of amides is 2. The van der Waals surface area contributed by atoms with Crippen LogP contribution in [-0.4, -0.2) is 35.7 Å². The third-order valence-electron chi connectivity index (χ3n) is 3.70. The molecule has 7 nitrogen and oxygen atoms in total. The van der Waals surface area contributed by atoms with E-state index in [2.05, 4.69) is 20.8 Å². The zero-order valence-electron chi connectivity index (χ0n) is 14.6. The molecule has 0 saturated carbocycles. The molecular weight excluding hydrogens is 364 g/mol. The number of carbonyl (C=O) groups is 2. The van der Waals surface area contributed by atoms with Gasteiger partial charge in [-0.1, -0.05) is 41.7 Å². The summed E-state index contributed by atoms with van der Waals surface area (Å²) in [7, 11) is 1.57. The van der Waals surface area contributed by atoms with Gasteiger partial charge in [-0.05, 0) is 36.2 Å². The third-order valence-corrected chi connectivity index (χ3v) is 4.62. The molecule has 0 atom stereocenters. The van der Waals surface area contributed by atoms with Crippen molar-refractivity contribution in [2.75, 3.05) is 19.0 Å². The van der Waals surface area contributed by atoms with Crippen LogP contribution in [0.3, 0.4) is 0 Å². The Morgan fingerprint density at radius 2 is 1.63 bits per heavy atom. The first kappa shape index (κ1) is 18.5. The molecule has 0 aliphatic heterocycles. The molecule has 0 aliphatic carbocycles. The average Bonchev–Trinajstić information content (AvgIpc) is 3.20. The minimum Gasteiger partial charge on any atom is -0.497 e. The Kier molecular flexibility index (Phi) is 6.11. The average molecular weight is 382 g/mol. The van der Waals surface area contributed by atoms with Crippen LogP contribution in [0.4, 0.5) is 5.69 Å². The standard InChI is InChI=1S/C19H18N4O3S/c1-26-15-9-7-14(8-10-15)21-17(25)19-23-22-18(27-19)16(24)20-12-11-13-5-3-2-4-6-13/h2-10H,11-12H2,1H3,(H,20,24)(H,21,25). The van der Waals surface area contributed by atoms with E-state index in [9.17, 15) is 9.59 Å². The van der Waals surface area contributed by atoms with Gasteiger partial charge in [-0.25, -0.2) is 0 Å².